The van der Waals surface area contributed by atoms with Gasteiger partial charge in [-0.2, -0.15) is 0 Å². The number of benzene rings is 2. The van der Waals surface area contributed by atoms with E-state index < -0.39 is 36.3 Å². The molecule has 0 saturated heterocycles. The van der Waals surface area contributed by atoms with Crippen LogP contribution in [0.3, 0.4) is 0 Å². The lowest BCUT2D eigenvalue weighted by Crippen LogP contribution is -2.46. The van der Waals surface area contributed by atoms with Gasteiger partial charge in [0.25, 0.3) is 0 Å². The molecule has 3 aromatic rings. The van der Waals surface area contributed by atoms with Crippen molar-refractivity contribution >= 4 is 22.9 Å². The molecule has 0 radical (unpaired) electrons. The first-order chi connectivity index (χ1) is 15.0. The predicted molar refractivity (Wildman–Crippen MR) is 113 cm³/mol. The van der Waals surface area contributed by atoms with Crippen LogP contribution in [0.1, 0.15) is 32.0 Å². The standard InChI is InChI=1S/C24H24F3NO4/c1-14(2)28-18-6-4-3-5-17(18)23(15-7-9-16(25)10-8-15)19(28)11-12-20(29)24(26,27)21(30)13-22(31)32/h3-12,14,20-21,29-30H,13H2,1-2H3,(H,31,32)/p-1/b12-11+/t20-,21+/m1/s1. The average molecular weight is 446 g/mol. The molecule has 1 heterocycles. The fraction of sp³-hybridized carbons (Fsp3) is 0.292. The van der Waals surface area contributed by atoms with Crippen LogP contribution in [0.4, 0.5) is 13.2 Å². The molecule has 0 amide bonds. The van der Waals surface area contributed by atoms with E-state index in [-0.39, 0.29) is 6.04 Å². The monoisotopic (exact) mass is 446 g/mol. The molecule has 0 fully saturated rings. The Morgan fingerprint density at radius 3 is 2.34 bits per heavy atom. The molecule has 2 atom stereocenters. The first kappa shape index (κ1) is 23.6. The fourth-order valence-electron chi connectivity index (χ4n) is 3.72. The van der Waals surface area contributed by atoms with Crippen LogP contribution in [0.5, 0.6) is 0 Å². The Kier molecular flexibility index (Phi) is 6.76. The van der Waals surface area contributed by atoms with Crippen molar-refractivity contribution in [1.82, 2.24) is 4.57 Å². The summed E-state index contributed by atoms with van der Waals surface area (Å²) in [5, 5.41) is 31.0. The number of aromatic nitrogens is 1. The van der Waals surface area contributed by atoms with E-state index >= 15 is 0 Å². The molecule has 5 nitrogen and oxygen atoms in total. The minimum absolute atomic E-state index is 0.0879. The number of carboxylic acids is 1. The van der Waals surface area contributed by atoms with Crippen LogP contribution >= 0.6 is 0 Å². The minimum atomic E-state index is -4.11. The van der Waals surface area contributed by atoms with E-state index in [0.29, 0.717) is 16.8 Å². The molecule has 0 spiro atoms. The molecule has 3 rings (SSSR count). The summed E-state index contributed by atoms with van der Waals surface area (Å²) < 4.78 is 44.0. The summed E-state index contributed by atoms with van der Waals surface area (Å²) in [6.45, 7) is 3.82. The third-order valence-corrected chi connectivity index (χ3v) is 5.23. The van der Waals surface area contributed by atoms with Crippen LogP contribution in [-0.4, -0.2) is 38.9 Å². The highest BCUT2D eigenvalue weighted by Gasteiger charge is 2.44. The number of aliphatic carboxylic acids is 1. The second kappa shape index (κ2) is 9.18. The number of halogens is 3. The zero-order valence-corrected chi connectivity index (χ0v) is 17.5. The molecular formula is C24H23F3NO4-. The van der Waals surface area contributed by atoms with Crippen LogP contribution in [0, 0.1) is 5.82 Å². The van der Waals surface area contributed by atoms with E-state index in [9.17, 15) is 33.3 Å². The Balaban J connectivity index is 2.14. The number of rotatable bonds is 8. The lowest BCUT2D eigenvalue weighted by atomic mass is 10.00. The summed E-state index contributed by atoms with van der Waals surface area (Å²) in [6, 6.07) is 13.0. The third kappa shape index (κ3) is 4.56. The van der Waals surface area contributed by atoms with Gasteiger partial charge in [-0.05, 0) is 49.8 Å². The van der Waals surface area contributed by atoms with Gasteiger partial charge in [0.2, 0.25) is 0 Å². The zero-order chi connectivity index (χ0) is 23.6. The second-order valence-corrected chi connectivity index (χ2v) is 7.82. The van der Waals surface area contributed by atoms with Gasteiger partial charge in [-0.15, -0.1) is 0 Å². The molecule has 0 bridgehead atoms. The van der Waals surface area contributed by atoms with Gasteiger partial charge in [0, 0.05) is 40.6 Å². The van der Waals surface area contributed by atoms with Gasteiger partial charge in [-0.25, -0.2) is 13.2 Å². The molecule has 0 aliphatic rings. The molecule has 0 unspecified atom stereocenters. The summed E-state index contributed by atoms with van der Waals surface area (Å²) >= 11 is 0. The first-order valence-electron chi connectivity index (χ1n) is 10.0. The smallest absolute Gasteiger partial charge is 0.302 e. The van der Waals surface area contributed by atoms with Crippen LogP contribution in [0.25, 0.3) is 28.1 Å². The number of aliphatic hydroxyl groups is 2. The lowest BCUT2D eigenvalue weighted by molar-refractivity contribution is -0.310. The summed E-state index contributed by atoms with van der Waals surface area (Å²) in [6.07, 6.45) is -4.25. The number of carboxylic acid groups (broad SMARTS) is 1. The molecule has 0 aliphatic carbocycles. The Bertz CT molecular complexity index is 1140. The van der Waals surface area contributed by atoms with Crippen molar-refractivity contribution in [3.8, 4) is 11.1 Å². The van der Waals surface area contributed by atoms with E-state index in [0.717, 1.165) is 17.0 Å². The van der Waals surface area contributed by atoms with Gasteiger partial charge in [0.05, 0.1) is 0 Å². The maximum Gasteiger partial charge on any atom is 0.302 e. The van der Waals surface area contributed by atoms with Crippen molar-refractivity contribution in [1.29, 1.82) is 0 Å². The number of carbonyl (C=O) groups excluding carboxylic acids is 1. The number of hydrogen-bond donors (Lipinski definition) is 2. The van der Waals surface area contributed by atoms with Crippen molar-refractivity contribution < 1.29 is 33.3 Å². The van der Waals surface area contributed by atoms with Crippen LogP contribution in [-0.2, 0) is 4.79 Å². The Hall–Kier alpha value is -3.10. The van der Waals surface area contributed by atoms with Crippen molar-refractivity contribution in [3.63, 3.8) is 0 Å². The summed E-state index contributed by atoms with van der Waals surface area (Å²) in [5.74, 6) is -6.39. The molecule has 1 aromatic heterocycles. The predicted octanol–water partition coefficient (Wildman–Crippen LogP) is 3.54. The molecule has 2 aromatic carbocycles. The van der Waals surface area contributed by atoms with Crippen LogP contribution in [0.2, 0.25) is 0 Å². The van der Waals surface area contributed by atoms with E-state index in [1.165, 1.54) is 18.2 Å². The highest BCUT2D eigenvalue weighted by Crippen LogP contribution is 2.38. The van der Waals surface area contributed by atoms with E-state index in [1.54, 1.807) is 12.1 Å². The molecular weight excluding hydrogens is 423 g/mol. The normalized spacial score (nSPS) is 14.4. The van der Waals surface area contributed by atoms with Crippen molar-refractivity contribution in [2.45, 2.75) is 44.4 Å². The second-order valence-electron chi connectivity index (χ2n) is 7.82. The molecule has 2 N–H and O–H groups in total. The highest BCUT2D eigenvalue weighted by molar-refractivity contribution is 6.01. The highest BCUT2D eigenvalue weighted by atomic mass is 19.3. The number of nitrogens with zero attached hydrogens (tertiary/aromatic N) is 1. The summed E-state index contributed by atoms with van der Waals surface area (Å²) in [5.41, 5.74) is 2.63. The third-order valence-electron chi connectivity index (χ3n) is 5.23. The van der Waals surface area contributed by atoms with Gasteiger partial charge >= 0.3 is 5.92 Å². The molecule has 8 heteroatoms. The van der Waals surface area contributed by atoms with E-state index in [1.807, 2.05) is 42.7 Å². The Morgan fingerprint density at radius 2 is 1.75 bits per heavy atom. The number of aliphatic hydroxyl groups excluding tert-OH is 2. The van der Waals surface area contributed by atoms with Gasteiger partial charge < -0.3 is 24.7 Å². The van der Waals surface area contributed by atoms with Crippen molar-refractivity contribution in [2.24, 2.45) is 0 Å². The Morgan fingerprint density at radius 1 is 1.12 bits per heavy atom. The van der Waals surface area contributed by atoms with Gasteiger partial charge in [-0.3, -0.25) is 0 Å². The zero-order valence-electron chi connectivity index (χ0n) is 17.5. The molecule has 32 heavy (non-hydrogen) atoms. The number of carbonyl (C=O) groups is 1. The molecule has 0 saturated carbocycles. The van der Waals surface area contributed by atoms with Gasteiger partial charge in [-0.1, -0.05) is 30.3 Å². The summed E-state index contributed by atoms with van der Waals surface area (Å²) in [7, 11) is 0. The Labute approximate surface area is 183 Å². The van der Waals surface area contributed by atoms with Crippen molar-refractivity contribution in [3.05, 3.63) is 66.1 Å². The molecule has 170 valence electrons. The van der Waals surface area contributed by atoms with Gasteiger partial charge in [0.15, 0.2) is 0 Å². The largest absolute Gasteiger partial charge is 0.550 e. The first-order valence-corrected chi connectivity index (χ1v) is 10.0. The average Bonchev–Trinajstić information content (AvgIpc) is 3.06. The maximum absolute atomic E-state index is 14.3. The number of alkyl halides is 2. The number of para-hydroxylation sites is 1. The van der Waals surface area contributed by atoms with E-state index in [2.05, 4.69) is 0 Å². The fourth-order valence-corrected chi connectivity index (χ4v) is 3.72. The van der Waals surface area contributed by atoms with Crippen molar-refractivity contribution in [2.75, 3.05) is 0 Å². The number of hydrogen-bond acceptors (Lipinski definition) is 4. The summed E-state index contributed by atoms with van der Waals surface area (Å²) in [4.78, 5) is 10.6. The lowest BCUT2D eigenvalue weighted by Gasteiger charge is -2.26. The van der Waals surface area contributed by atoms with Crippen LogP contribution < -0.4 is 5.11 Å². The minimum Gasteiger partial charge on any atom is -0.550 e. The maximum atomic E-state index is 14.3. The SMILES string of the molecule is CC(C)n1c(/C=C/[C@@H](O)C(F)(F)[C@@H](O)CC(=O)[O-])c(-c2ccc(F)cc2)c2ccccc21. The number of fused-ring (bicyclic) bond motifs is 1. The van der Waals surface area contributed by atoms with Gasteiger partial charge in [0.1, 0.15) is 18.0 Å². The topological polar surface area (TPSA) is 85.5 Å². The quantitative estimate of drug-likeness (QED) is 0.554. The van der Waals surface area contributed by atoms with Crippen LogP contribution in [0.15, 0.2) is 54.6 Å². The molecule has 0 aliphatic heterocycles. The van der Waals surface area contributed by atoms with E-state index in [4.69, 9.17) is 0 Å².